The van der Waals surface area contributed by atoms with Crippen molar-refractivity contribution < 1.29 is 19.4 Å². The van der Waals surface area contributed by atoms with E-state index >= 15 is 0 Å². The first kappa shape index (κ1) is 15.5. The number of aliphatic carboxylic acids is 1. The number of carboxylic acid groups (broad SMARTS) is 1. The Balaban J connectivity index is 2.22. The van der Waals surface area contributed by atoms with Crippen LogP contribution in [0.15, 0.2) is 30.3 Å². The number of nitrogens with zero attached hydrogens (tertiary/aromatic N) is 1. The van der Waals surface area contributed by atoms with Crippen LogP contribution in [0.1, 0.15) is 25.8 Å². The van der Waals surface area contributed by atoms with Crippen molar-refractivity contribution in [2.45, 2.75) is 31.7 Å². The maximum atomic E-state index is 12.9. The van der Waals surface area contributed by atoms with Gasteiger partial charge in [-0.2, -0.15) is 0 Å². The molecule has 1 fully saturated rings. The molecule has 1 heterocycles. The zero-order valence-corrected chi connectivity index (χ0v) is 12.4. The summed E-state index contributed by atoms with van der Waals surface area (Å²) in [6.07, 6.45) is -0.0867. The van der Waals surface area contributed by atoms with E-state index in [-0.39, 0.29) is 18.9 Å². The van der Waals surface area contributed by atoms with Crippen LogP contribution < -0.4 is 0 Å². The van der Waals surface area contributed by atoms with Gasteiger partial charge in [-0.15, -0.1) is 0 Å². The number of hydrogen-bond acceptors (Lipinski definition) is 3. The number of carbonyl (C=O) groups excluding carboxylic acids is 1. The Bertz CT molecular complexity index is 512. The summed E-state index contributed by atoms with van der Waals surface area (Å²) < 4.78 is 5.32. The van der Waals surface area contributed by atoms with Crippen LogP contribution >= 0.6 is 0 Å². The van der Waals surface area contributed by atoms with E-state index in [4.69, 9.17) is 9.84 Å². The molecule has 0 spiro atoms. The molecule has 1 atom stereocenters. The van der Waals surface area contributed by atoms with E-state index in [1.54, 1.807) is 4.90 Å². The lowest BCUT2D eigenvalue weighted by Gasteiger charge is -2.39. The molecule has 1 aromatic carbocycles. The Morgan fingerprint density at radius 3 is 2.62 bits per heavy atom. The van der Waals surface area contributed by atoms with Gasteiger partial charge in [-0.3, -0.25) is 9.59 Å². The lowest BCUT2D eigenvalue weighted by molar-refractivity contribution is -0.149. The lowest BCUT2D eigenvalue weighted by atomic mass is 9.82. The molecule has 0 bridgehead atoms. The summed E-state index contributed by atoms with van der Waals surface area (Å²) in [6.45, 7) is 4.92. The summed E-state index contributed by atoms with van der Waals surface area (Å²) in [4.78, 5) is 25.5. The smallest absolute Gasteiger partial charge is 0.305 e. The van der Waals surface area contributed by atoms with Gasteiger partial charge in [0.1, 0.15) is 0 Å². The molecule has 1 N–H and O–H groups in total. The van der Waals surface area contributed by atoms with E-state index in [9.17, 15) is 9.59 Å². The molecule has 5 nitrogen and oxygen atoms in total. The second-order valence-corrected chi connectivity index (χ2v) is 5.82. The van der Waals surface area contributed by atoms with Gasteiger partial charge < -0.3 is 14.7 Å². The Kier molecular flexibility index (Phi) is 4.63. The average molecular weight is 291 g/mol. The highest BCUT2D eigenvalue weighted by molar-refractivity contribution is 5.88. The maximum absolute atomic E-state index is 12.9. The fourth-order valence-electron chi connectivity index (χ4n) is 2.63. The minimum absolute atomic E-state index is 0.0525. The number of amides is 1. The molecule has 2 rings (SSSR count). The van der Waals surface area contributed by atoms with E-state index in [0.717, 1.165) is 5.56 Å². The van der Waals surface area contributed by atoms with Gasteiger partial charge in [0.25, 0.3) is 0 Å². The molecular weight excluding hydrogens is 270 g/mol. The molecule has 0 aromatic heterocycles. The van der Waals surface area contributed by atoms with E-state index in [1.165, 1.54) is 0 Å². The lowest BCUT2D eigenvalue weighted by Crippen LogP contribution is -2.54. The van der Waals surface area contributed by atoms with Crippen LogP contribution in [-0.2, 0) is 19.7 Å². The summed E-state index contributed by atoms with van der Waals surface area (Å²) in [7, 11) is 0. The highest BCUT2D eigenvalue weighted by Gasteiger charge is 2.38. The minimum Gasteiger partial charge on any atom is -0.481 e. The van der Waals surface area contributed by atoms with Gasteiger partial charge in [0.2, 0.25) is 5.91 Å². The first-order valence-corrected chi connectivity index (χ1v) is 7.09. The summed E-state index contributed by atoms with van der Waals surface area (Å²) in [5, 5.41) is 8.99. The average Bonchev–Trinajstić information content (AvgIpc) is 2.47. The van der Waals surface area contributed by atoms with Crippen molar-refractivity contribution in [3.05, 3.63) is 35.9 Å². The van der Waals surface area contributed by atoms with Crippen LogP contribution in [0.5, 0.6) is 0 Å². The molecule has 1 aliphatic rings. The van der Waals surface area contributed by atoms with Gasteiger partial charge in [-0.05, 0) is 19.4 Å². The van der Waals surface area contributed by atoms with Crippen molar-refractivity contribution in [1.29, 1.82) is 0 Å². The Morgan fingerprint density at radius 1 is 1.33 bits per heavy atom. The molecule has 114 valence electrons. The maximum Gasteiger partial charge on any atom is 0.305 e. The molecule has 21 heavy (non-hydrogen) atoms. The number of morpholine rings is 1. The van der Waals surface area contributed by atoms with Gasteiger partial charge in [-0.1, -0.05) is 30.3 Å². The van der Waals surface area contributed by atoms with Crippen molar-refractivity contribution in [3.8, 4) is 0 Å². The third kappa shape index (κ3) is 3.42. The molecule has 0 aliphatic carbocycles. The number of benzene rings is 1. The largest absolute Gasteiger partial charge is 0.481 e. The number of rotatable bonds is 4. The number of hydrogen-bond donors (Lipinski definition) is 1. The minimum atomic E-state index is -0.916. The van der Waals surface area contributed by atoms with Crippen molar-refractivity contribution in [2.24, 2.45) is 0 Å². The summed E-state index contributed by atoms with van der Waals surface area (Å²) in [5.41, 5.74) is 0.241. The van der Waals surface area contributed by atoms with Gasteiger partial charge >= 0.3 is 5.97 Å². The molecule has 1 aromatic rings. The zero-order valence-electron chi connectivity index (χ0n) is 12.4. The Labute approximate surface area is 124 Å². The number of carbonyl (C=O) groups is 2. The predicted molar refractivity (Wildman–Crippen MR) is 78.0 cm³/mol. The highest BCUT2D eigenvalue weighted by Crippen LogP contribution is 2.27. The SMILES string of the molecule is CC(C)(C(=O)N1CCOCC1CC(=O)O)c1ccccc1. The van der Waals surface area contributed by atoms with Gasteiger partial charge in [0.15, 0.2) is 0 Å². The quantitative estimate of drug-likeness (QED) is 0.916. The van der Waals surface area contributed by atoms with Crippen LogP contribution in [0.25, 0.3) is 0 Å². The molecule has 0 saturated carbocycles. The summed E-state index contributed by atoms with van der Waals surface area (Å²) in [6, 6.07) is 9.16. The molecule has 1 aliphatic heterocycles. The van der Waals surface area contributed by atoms with Crippen molar-refractivity contribution in [1.82, 2.24) is 4.90 Å². The van der Waals surface area contributed by atoms with Crippen molar-refractivity contribution >= 4 is 11.9 Å². The van der Waals surface area contributed by atoms with Crippen LogP contribution in [0.3, 0.4) is 0 Å². The predicted octanol–water partition coefficient (Wildman–Crippen LogP) is 1.67. The van der Waals surface area contributed by atoms with Crippen LogP contribution in [0.2, 0.25) is 0 Å². The summed E-state index contributed by atoms with van der Waals surface area (Å²) in [5.74, 6) is -0.968. The topological polar surface area (TPSA) is 66.8 Å². The van der Waals surface area contributed by atoms with E-state index < -0.39 is 17.4 Å². The number of carboxylic acids is 1. The van der Waals surface area contributed by atoms with Gasteiger partial charge in [0.05, 0.1) is 31.1 Å². The fourth-order valence-corrected chi connectivity index (χ4v) is 2.63. The zero-order chi connectivity index (χ0) is 15.5. The van der Waals surface area contributed by atoms with Crippen molar-refractivity contribution in [3.63, 3.8) is 0 Å². The molecule has 1 amide bonds. The van der Waals surface area contributed by atoms with Crippen LogP contribution in [0.4, 0.5) is 0 Å². The fraction of sp³-hybridized carbons (Fsp3) is 0.500. The van der Waals surface area contributed by atoms with E-state index in [2.05, 4.69) is 0 Å². The van der Waals surface area contributed by atoms with Gasteiger partial charge in [-0.25, -0.2) is 0 Å². The third-order valence-electron chi connectivity index (χ3n) is 3.93. The first-order chi connectivity index (χ1) is 9.93. The second-order valence-electron chi connectivity index (χ2n) is 5.82. The van der Waals surface area contributed by atoms with E-state index in [1.807, 2.05) is 44.2 Å². The Morgan fingerprint density at radius 2 is 2.00 bits per heavy atom. The second kappa shape index (κ2) is 6.26. The molecule has 1 saturated heterocycles. The molecule has 1 unspecified atom stereocenters. The van der Waals surface area contributed by atoms with Crippen molar-refractivity contribution in [2.75, 3.05) is 19.8 Å². The normalized spacial score (nSPS) is 19.3. The van der Waals surface area contributed by atoms with E-state index in [0.29, 0.717) is 13.2 Å². The third-order valence-corrected chi connectivity index (χ3v) is 3.93. The first-order valence-electron chi connectivity index (χ1n) is 7.09. The van der Waals surface area contributed by atoms with Crippen LogP contribution in [0, 0.1) is 0 Å². The Hall–Kier alpha value is -1.88. The summed E-state index contributed by atoms with van der Waals surface area (Å²) >= 11 is 0. The molecule has 5 heteroatoms. The number of ether oxygens (including phenoxy) is 1. The monoisotopic (exact) mass is 291 g/mol. The van der Waals surface area contributed by atoms with Crippen LogP contribution in [-0.4, -0.2) is 47.7 Å². The standard InChI is InChI=1S/C16H21NO4/c1-16(2,12-6-4-3-5-7-12)15(20)17-8-9-21-11-13(17)10-14(18)19/h3-7,13H,8-11H2,1-2H3,(H,18,19). The molecule has 0 radical (unpaired) electrons. The van der Waals surface area contributed by atoms with Gasteiger partial charge in [0, 0.05) is 6.54 Å². The highest BCUT2D eigenvalue weighted by atomic mass is 16.5. The molecular formula is C16H21NO4.